The van der Waals surface area contributed by atoms with E-state index in [0.717, 1.165) is 22.9 Å². The van der Waals surface area contributed by atoms with Crippen LogP contribution in [0.2, 0.25) is 5.02 Å². The normalized spacial score (nSPS) is 10.9. The first-order valence-corrected chi connectivity index (χ1v) is 9.83. The summed E-state index contributed by atoms with van der Waals surface area (Å²) >= 11 is 7.36. The zero-order valence-corrected chi connectivity index (χ0v) is 16.9. The minimum absolute atomic E-state index is 0.0820. The Bertz CT molecular complexity index is 1000. The molecule has 28 heavy (non-hydrogen) atoms. The molecular formula is C19H19ClFN5OS. The fourth-order valence-electron chi connectivity index (χ4n) is 2.72. The fraction of sp³-hybridized carbons (Fsp3) is 0.211. The Morgan fingerprint density at radius 3 is 2.75 bits per heavy atom. The van der Waals surface area contributed by atoms with Crippen LogP contribution in [0.15, 0.2) is 41.6 Å². The third kappa shape index (κ3) is 4.63. The molecule has 0 fully saturated rings. The summed E-state index contributed by atoms with van der Waals surface area (Å²) in [6.07, 6.45) is 0.209. The Morgan fingerprint density at radius 2 is 2.04 bits per heavy atom. The van der Waals surface area contributed by atoms with Gasteiger partial charge >= 0.3 is 0 Å². The molecule has 1 heterocycles. The molecule has 0 spiro atoms. The summed E-state index contributed by atoms with van der Waals surface area (Å²) in [6, 6.07) is 10.1. The van der Waals surface area contributed by atoms with Crippen LogP contribution in [0.5, 0.6) is 0 Å². The highest BCUT2D eigenvalue weighted by molar-refractivity contribution is 7.99. The molecule has 146 valence electrons. The number of hydrogen-bond donors (Lipinski definition) is 2. The van der Waals surface area contributed by atoms with E-state index in [2.05, 4.69) is 15.5 Å². The van der Waals surface area contributed by atoms with Crippen molar-refractivity contribution in [2.45, 2.75) is 25.4 Å². The van der Waals surface area contributed by atoms with Gasteiger partial charge in [-0.05, 0) is 42.7 Å². The first-order chi connectivity index (χ1) is 13.3. The first-order valence-electron chi connectivity index (χ1n) is 8.47. The summed E-state index contributed by atoms with van der Waals surface area (Å²) in [4.78, 5) is 12.3. The molecule has 1 amide bonds. The summed E-state index contributed by atoms with van der Waals surface area (Å²) in [5.41, 5.74) is 2.97. The standard InChI is InChI=1S/C19H19ClFN5OS/c1-11-7-12(2)18(14(20)8-11)23-17(27)10-28-19-25-24-16(26(19)22)9-13-5-3-4-6-15(13)21/h3-8H,9-10,22H2,1-2H3,(H,23,27). The van der Waals surface area contributed by atoms with Crippen molar-refractivity contribution in [1.82, 2.24) is 14.9 Å². The Morgan fingerprint density at radius 1 is 1.29 bits per heavy atom. The van der Waals surface area contributed by atoms with Gasteiger partial charge in [0.25, 0.3) is 0 Å². The van der Waals surface area contributed by atoms with Gasteiger partial charge in [0.15, 0.2) is 5.82 Å². The van der Waals surface area contributed by atoms with E-state index < -0.39 is 0 Å². The maximum atomic E-state index is 13.8. The number of rotatable bonds is 6. The van der Waals surface area contributed by atoms with E-state index in [1.807, 2.05) is 19.9 Å². The summed E-state index contributed by atoms with van der Waals surface area (Å²) < 4.78 is 15.1. The second-order valence-corrected chi connectivity index (χ2v) is 7.66. The van der Waals surface area contributed by atoms with Gasteiger partial charge < -0.3 is 11.2 Å². The van der Waals surface area contributed by atoms with Crippen molar-refractivity contribution >= 4 is 35.0 Å². The van der Waals surface area contributed by atoms with E-state index in [1.54, 1.807) is 24.3 Å². The molecule has 6 nitrogen and oxygen atoms in total. The number of carbonyl (C=O) groups is 1. The number of nitrogen functional groups attached to an aromatic ring is 1. The van der Waals surface area contributed by atoms with E-state index in [9.17, 15) is 9.18 Å². The van der Waals surface area contributed by atoms with Crippen molar-refractivity contribution in [3.05, 3.63) is 69.8 Å². The van der Waals surface area contributed by atoms with E-state index in [1.165, 1.54) is 10.7 Å². The average molecular weight is 420 g/mol. The molecule has 0 saturated carbocycles. The lowest BCUT2D eigenvalue weighted by molar-refractivity contribution is -0.113. The number of nitrogens with two attached hydrogens (primary N) is 1. The van der Waals surface area contributed by atoms with Crippen molar-refractivity contribution < 1.29 is 9.18 Å². The van der Waals surface area contributed by atoms with Gasteiger partial charge in [-0.25, -0.2) is 9.07 Å². The highest BCUT2D eigenvalue weighted by atomic mass is 35.5. The number of amides is 1. The lowest BCUT2D eigenvalue weighted by Gasteiger charge is -2.11. The van der Waals surface area contributed by atoms with Crippen LogP contribution in [0, 0.1) is 19.7 Å². The Kier molecular flexibility index (Phi) is 6.21. The summed E-state index contributed by atoms with van der Waals surface area (Å²) in [6.45, 7) is 3.82. The number of halogens is 2. The zero-order valence-electron chi connectivity index (χ0n) is 15.4. The van der Waals surface area contributed by atoms with Crippen molar-refractivity contribution in [3.63, 3.8) is 0 Å². The highest BCUT2D eigenvalue weighted by Crippen LogP contribution is 2.27. The second-order valence-electron chi connectivity index (χ2n) is 6.31. The minimum Gasteiger partial charge on any atom is -0.336 e. The Balaban J connectivity index is 1.63. The van der Waals surface area contributed by atoms with Gasteiger partial charge in [0.05, 0.1) is 16.5 Å². The van der Waals surface area contributed by atoms with E-state index in [4.69, 9.17) is 17.4 Å². The summed E-state index contributed by atoms with van der Waals surface area (Å²) in [5.74, 6) is 5.92. The van der Waals surface area contributed by atoms with Crippen LogP contribution in [0.25, 0.3) is 0 Å². The molecule has 0 atom stereocenters. The molecule has 3 rings (SSSR count). The Hall–Kier alpha value is -2.58. The molecule has 0 saturated heterocycles. The van der Waals surface area contributed by atoms with Gasteiger partial charge in [0, 0.05) is 6.42 Å². The quantitative estimate of drug-likeness (QED) is 0.469. The topological polar surface area (TPSA) is 85.8 Å². The molecule has 0 aliphatic heterocycles. The monoisotopic (exact) mass is 419 g/mol. The van der Waals surface area contributed by atoms with Gasteiger partial charge in [-0.3, -0.25) is 4.79 Å². The predicted molar refractivity (Wildman–Crippen MR) is 110 cm³/mol. The van der Waals surface area contributed by atoms with Gasteiger partial charge in [0.2, 0.25) is 11.1 Å². The number of aryl methyl sites for hydroxylation is 2. The van der Waals surface area contributed by atoms with Gasteiger partial charge in [-0.15, -0.1) is 10.2 Å². The van der Waals surface area contributed by atoms with E-state index >= 15 is 0 Å². The van der Waals surface area contributed by atoms with E-state index in [-0.39, 0.29) is 23.9 Å². The van der Waals surface area contributed by atoms with Crippen molar-refractivity contribution in [2.75, 3.05) is 16.9 Å². The molecule has 3 N–H and O–H groups in total. The van der Waals surface area contributed by atoms with E-state index in [0.29, 0.717) is 27.3 Å². The number of benzene rings is 2. The maximum absolute atomic E-state index is 13.8. The Labute approximate surface area is 171 Å². The largest absolute Gasteiger partial charge is 0.336 e. The van der Waals surface area contributed by atoms with Crippen molar-refractivity contribution in [2.24, 2.45) is 0 Å². The average Bonchev–Trinajstić information content (AvgIpc) is 2.98. The third-order valence-corrected chi connectivity index (χ3v) is 5.31. The molecule has 0 bridgehead atoms. The first kappa shape index (κ1) is 20.2. The van der Waals surface area contributed by atoms with Crippen LogP contribution in [-0.4, -0.2) is 26.5 Å². The molecule has 0 radical (unpaired) electrons. The molecular weight excluding hydrogens is 401 g/mol. The number of anilines is 1. The number of carbonyl (C=O) groups excluding carboxylic acids is 1. The molecule has 1 aromatic heterocycles. The summed E-state index contributed by atoms with van der Waals surface area (Å²) in [5, 5.41) is 11.7. The van der Waals surface area contributed by atoms with Crippen LogP contribution in [0.3, 0.4) is 0 Å². The van der Waals surface area contributed by atoms with Crippen LogP contribution in [-0.2, 0) is 11.2 Å². The SMILES string of the molecule is Cc1cc(C)c(NC(=O)CSc2nnc(Cc3ccccc3F)n2N)c(Cl)c1. The molecule has 9 heteroatoms. The van der Waals surface area contributed by atoms with Gasteiger partial charge in [-0.2, -0.15) is 0 Å². The van der Waals surface area contributed by atoms with Crippen molar-refractivity contribution in [1.29, 1.82) is 0 Å². The second kappa shape index (κ2) is 8.62. The van der Waals surface area contributed by atoms with Gasteiger partial charge in [-0.1, -0.05) is 47.6 Å². The molecule has 2 aromatic carbocycles. The number of nitrogens with one attached hydrogen (secondary N) is 1. The predicted octanol–water partition coefficient (Wildman–Crippen LogP) is 3.72. The molecule has 0 unspecified atom stereocenters. The molecule has 0 aliphatic carbocycles. The van der Waals surface area contributed by atoms with Crippen LogP contribution >= 0.6 is 23.4 Å². The van der Waals surface area contributed by atoms with Crippen LogP contribution < -0.4 is 11.2 Å². The zero-order chi connectivity index (χ0) is 20.3. The molecule has 3 aromatic rings. The third-order valence-electron chi connectivity index (χ3n) is 4.07. The van der Waals surface area contributed by atoms with Crippen LogP contribution in [0.4, 0.5) is 10.1 Å². The van der Waals surface area contributed by atoms with Gasteiger partial charge in [0.1, 0.15) is 5.82 Å². The molecule has 0 aliphatic rings. The highest BCUT2D eigenvalue weighted by Gasteiger charge is 2.15. The lowest BCUT2D eigenvalue weighted by Crippen LogP contribution is -2.18. The summed E-state index contributed by atoms with van der Waals surface area (Å²) in [7, 11) is 0. The fourth-order valence-corrected chi connectivity index (χ4v) is 3.76. The van der Waals surface area contributed by atoms with Crippen LogP contribution in [0.1, 0.15) is 22.5 Å². The smallest absolute Gasteiger partial charge is 0.234 e. The lowest BCUT2D eigenvalue weighted by atomic mass is 10.1. The number of thioether (sulfide) groups is 1. The maximum Gasteiger partial charge on any atom is 0.234 e. The number of aromatic nitrogens is 3. The van der Waals surface area contributed by atoms with Crippen molar-refractivity contribution in [3.8, 4) is 0 Å². The minimum atomic E-state index is -0.329. The number of nitrogens with zero attached hydrogens (tertiary/aromatic N) is 3. The number of hydrogen-bond acceptors (Lipinski definition) is 5.